The van der Waals surface area contributed by atoms with Gasteiger partial charge in [0.25, 0.3) is 0 Å². The van der Waals surface area contributed by atoms with Gasteiger partial charge in [-0.3, -0.25) is 4.98 Å². The second-order valence-corrected chi connectivity index (χ2v) is 6.86. The molecule has 0 fully saturated rings. The maximum absolute atomic E-state index is 12.1. The van der Waals surface area contributed by atoms with E-state index in [-0.39, 0.29) is 22.9 Å². The fourth-order valence-electron chi connectivity index (χ4n) is 1.91. The van der Waals surface area contributed by atoms with E-state index in [1.807, 2.05) is 0 Å². The standard InChI is InChI=1S/C15H16F2N2O3S/c1-2-23(20,21)14-6-4-3-5-13(14)19-9-11-7-8-12(10-18-11)22-15(16)17/h3-8,10,15,19H,2,9H2,1H3. The molecule has 0 aliphatic carbocycles. The van der Waals surface area contributed by atoms with Crippen LogP contribution < -0.4 is 10.1 Å². The zero-order chi connectivity index (χ0) is 16.9. The quantitative estimate of drug-likeness (QED) is 0.837. The maximum Gasteiger partial charge on any atom is 0.387 e. The van der Waals surface area contributed by atoms with E-state index in [9.17, 15) is 17.2 Å². The monoisotopic (exact) mass is 342 g/mol. The van der Waals surface area contributed by atoms with Crippen LogP contribution in [0.5, 0.6) is 5.75 Å². The third-order valence-electron chi connectivity index (χ3n) is 3.08. The van der Waals surface area contributed by atoms with Crippen LogP contribution in [-0.4, -0.2) is 25.8 Å². The lowest BCUT2D eigenvalue weighted by Gasteiger charge is -2.11. The first-order valence-electron chi connectivity index (χ1n) is 6.88. The Balaban J connectivity index is 2.10. The lowest BCUT2D eigenvalue weighted by Crippen LogP contribution is -2.09. The predicted molar refractivity (Wildman–Crippen MR) is 82.4 cm³/mol. The van der Waals surface area contributed by atoms with Gasteiger partial charge in [-0.05, 0) is 24.3 Å². The number of para-hydroxylation sites is 1. The van der Waals surface area contributed by atoms with Gasteiger partial charge in [-0.2, -0.15) is 8.78 Å². The topological polar surface area (TPSA) is 68.3 Å². The van der Waals surface area contributed by atoms with Gasteiger partial charge in [-0.25, -0.2) is 8.42 Å². The summed E-state index contributed by atoms with van der Waals surface area (Å²) in [6, 6.07) is 9.49. The Hall–Kier alpha value is -2.22. The first kappa shape index (κ1) is 17.1. The molecule has 2 aromatic rings. The average molecular weight is 342 g/mol. The molecule has 0 atom stereocenters. The van der Waals surface area contributed by atoms with Crippen molar-refractivity contribution < 1.29 is 21.9 Å². The minimum absolute atomic E-state index is 0.00358. The van der Waals surface area contributed by atoms with Crippen LogP contribution in [0.15, 0.2) is 47.5 Å². The number of sulfone groups is 1. The van der Waals surface area contributed by atoms with Crippen LogP contribution in [0.2, 0.25) is 0 Å². The summed E-state index contributed by atoms with van der Waals surface area (Å²) in [4.78, 5) is 4.21. The van der Waals surface area contributed by atoms with Crippen LogP contribution in [0, 0.1) is 0 Å². The van der Waals surface area contributed by atoms with Crippen molar-refractivity contribution in [3.63, 3.8) is 0 Å². The summed E-state index contributed by atoms with van der Waals surface area (Å²) >= 11 is 0. The van der Waals surface area contributed by atoms with Crippen molar-refractivity contribution >= 4 is 15.5 Å². The molecule has 0 saturated carbocycles. The highest BCUT2D eigenvalue weighted by atomic mass is 32.2. The van der Waals surface area contributed by atoms with E-state index in [1.165, 1.54) is 24.4 Å². The average Bonchev–Trinajstić information content (AvgIpc) is 2.54. The Bertz CT molecular complexity index is 750. The fourth-order valence-corrected chi connectivity index (χ4v) is 2.99. The second kappa shape index (κ2) is 7.36. The Morgan fingerprint density at radius 1 is 1.22 bits per heavy atom. The first-order chi connectivity index (χ1) is 10.9. The minimum Gasteiger partial charge on any atom is -0.433 e. The molecule has 2 rings (SSSR count). The summed E-state index contributed by atoms with van der Waals surface area (Å²) in [5.74, 6) is -0.0263. The number of aromatic nitrogens is 1. The molecule has 5 nitrogen and oxygen atoms in total. The van der Waals surface area contributed by atoms with Gasteiger partial charge in [0.15, 0.2) is 9.84 Å². The predicted octanol–water partition coefficient (Wildman–Crippen LogP) is 3.09. The van der Waals surface area contributed by atoms with Gasteiger partial charge in [0, 0.05) is 0 Å². The van der Waals surface area contributed by atoms with Gasteiger partial charge in [-0.1, -0.05) is 19.1 Å². The number of pyridine rings is 1. The molecule has 124 valence electrons. The van der Waals surface area contributed by atoms with Gasteiger partial charge < -0.3 is 10.1 Å². The van der Waals surface area contributed by atoms with Gasteiger partial charge in [0.05, 0.1) is 34.8 Å². The number of halogens is 2. The van der Waals surface area contributed by atoms with Gasteiger partial charge >= 0.3 is 6.61 Å². The number of nitrogens with one attached hydrogen (secondary N) is 1. The van der Waals surface area contributed by atoms with E-state index in [0.29, 0.717) is 11.4 Å². The van der Waals surface area contributed by atoms with Crippen LogP contribution in [0.3, 0.4) is 0 Å². The lowest BCUT2D eigenvalue weighted by atomic mass is 10.3. The van der Waals surface area contributed by atoms with E-state index in [0.717, 1.165) is 0 Å². The summed E-state index contributed by atoms with van der Waals surface area (Å²) in [5.41, 5.74) is 1.04. The van der Waals surface area contributed by atoms with Crippen LogP contribution in [-0.2, 0) is 16.4 Å². The molecule has 0 unspecified atom stereocenters. The van der Waals surface area contributed by atoms with Crippen LogP contribution >= 0.6 is 0 Å². The summed E-state index contributed by atoms with van der Waals surface area (Å²) in [7, 11) is -3.34. The highest BCUT2D eigenvalue weighted by molar-refractivity contribution is 7.91. The Kier molecular flexibility index (Phi) is 5.49. The number of nitrogens with zero attached hydrogens (tertiary/aromatic N) is 1. The van der Waals surface area contributed by atoms with Crippen molar-refractivity contribution in [3.8, 4) is 5.75 Å². The normalized spacial score (nSPS) is 11.5. The third-order valence-corrected chi connectivity index (χ3v) is 4.87. The summed E-state index contributed by atoms with van der Waals surface area (Å²) in [6.07, 6.45) is 1.19. The number of benzene rings is 1. The van der Waals surface area contributed by atoms with Crippen LogP contribution in [0.25, 0.3) is 0 Å². The zero-order valence-corrected chi connectivity index (χ0v) is 13.2. The molecule has 0 aliphatic heterocycles. The van der Waals surface area contributed by atoms with E-state index in [4.69, 9.17) is 0 Å². The second-order valence-electron chi connectivity index (χ2n) is 4.62. The Morgan fingerprint density at radius 2 is 1.96 bits per heavy atom. The number of hydrogen-bond acceptors (Lipinski definition) is 5. The van der Waals surface area contributed by atoms with Gasteiger partial charge in [0.2, 0.25) is 0 Å². The van der Waals surface area contributed by atoms with Crippen molar-refractivity contribution in [2.75, 3.05) is 11.1 Å². The molecule has 0 radical (unpaired) electrons. The molecule has 0 spiro atoms. The lowest BCUT2D eigenvalue weighted by molar-refractivity contribution is -0.0500. The summed E-state index contributed by atoms with van der Waals surface area (Å²) < 4.78 is 52.4. The highest BCUT2D eigenvalue weighted by Crippen LogP contribution is 2.22. The van der Waals surface area contributed by atoms with Crippen LogP contribution in [0.4, 0.5) is 14.5 Å². The number of anilines is 1. The van der Waals surface area contributed by atoms with Crippen molar-refractivity contribution in [2.45, 2.75) is 25.0 Å². The molecule has 8 heteroatoms. The fraction of sp³-hybridized carbons (Fsp3) is 0.267. The van der Waals surface area contributed by atoms with Crippen molar-refractivity contribution in [3.05, 3.63) is 48.3 Å². The van der Waals surface area contributed by atoms with E-state index in [1.54, 1.807) is 25.1 Å². The summed E-state index contributed by atoms with van der Waals surface area (Å²) in [5, 5.41) is 3.00. The highest BCUT2D eigenvalue weighted by Gasteiger charge is 2.15. The molecule has 1 heterocycles. The molecule has 0 bridgehead atoms. The molecular formula is C15H16F2N2O3S. The molecule has 0 saturated heterocycles. The molecular weight excluding hydrogens is 326 g/mol. The van der Waals surface area contributed by atoms with Crippen molar-refractivity contribution in [1.29, 1.82) is 0 Å². The minimum atomic E-state index is -3.34. The van der Waals surface area contributed by atoms with E-state index < -0.39 is 16.4 Å². The van der Waals surface area contributed by atoms with Crippen molar-refractivity contribution in [2.24, 2.45) is 0 Å². The SMILES string of the molecule is CCS(=O)(=O)c1ccccc1NCc1ccc(OC(F)F)cn1. The molecule has 0 amide bonds. The number of rotatable bonds is 7. The molecule has 1 aromatic heterocycles. The Labute approximate surface area is 133 Å². The van der Waals surface area contributed by atoms with Gasteiger partial charge in [0.1, 0.15) is 5.75 Å². The van der Waals surface area contributed by atoms with Crippen molar-refractivity contribution in [1.82, 2.24) is 4.98 Å². The smallest absolute Gasteiger partial charge is 0.387 e. The molecule has 1 N–H and O–H groups in total. The largest absolute Gasteiger partial charge is 0.433 e. The van der Waals surface area contributed by atoms with E-state index >= 15 is 0 Å². The zero-order valence-electron chi connectivity index (χ0n) is 12.4. The summed E-state index contributed by atoms with van der Waals surface area (Å²) in [6.45, 7) is -1.06. The molecule has 23 heavy (non-hydrogen) atoms. The van der Waals surface area contributed by atoms with Gasteiger partial charge in [-0.15, -0.1) is 0 Å². The first-order valence-corrected chi connectivity index (χ1v) is 8.53. The Morgan fingerprint density at radius 3 is 2.57 bits per heavy atom. The molecule has 1 aromatic carbocycles. The number of ether oxygens (including phenoxy) is 1. The number of alkyl halides is 2. The molecule has 0 aliphatic rings. The third kappa shape index (κ3) is 4.62. The van der Waals surface area contributed by atoms with E-state index in [2.05, 4.69) is 15.0 Å². The van der Waals surface area contributed by atoms with Crippen LogP contribution in [0.1, 0.15) is 12.6 Å². The maximum atomic E-state index is 12.1. The number of hydrogen-bond donors (Lipinski definition) is 1.